The second-order valence-corrected chi connectivity index (χ2v) is 7.00. The highest BCUT2D eigenvalue weighted by Gasteiger charge is 2.14. The summed E-state index contributed by atoms with van der Waals surface area (Å²) in [4.78, 5) is 33.0. The lowest BCUT2D eigenvalue weighted by molar-refractivity contribution is -0.116. The number of hydrogen-bond acceptors (Lipinski definition) is 4. The van der Waals surface area contributed by atoms with Gasteiger partial charge in [-0.2, -0.15) is 0 Å². The van der Waals surface area contributed by atoms with Gasteiger partial charge in [-0.1, -0.05) is 13.0 Å². The van der Waals surface area contributed by atoms with Gasteiger partial charge in [-0.3, -0.25) is 9.59 Å². The minimum absolute atomic E-state index is 0.0579. The van der Waals surface area contributed by atoms with E-state index in [1.165, 1.54) is 10.8 Å². The van der Waals surface area contributed by atoms with E-state index in [0.717, 1.165) is 36.2 Å². The predicted molar refractivity (Wildman–Crippen MR) is 103 cm³/mol. The van der Waals surface area contributed by atoms with Crippen LogP contribution in [0.2, 0.25) is 0 Å². The van der Waals surface area contributed by atoms with Crippen molar-refractivity contribution in [1.29, 1.82) is 0 Å². The number of allylic oxidation sites excluding steroid dienone is 2. The molecule has 0 saturated heterocycles. The molecular weight excluding hydrogens is 342 g/mol. The zero-order chi connectivity index (χ0) is 18.8. The van der Waals surface area contributed by atoms with Gasteiger partial charge in [-0.25, -0.2) is 9.97 Å². The Balaban J connectivity index is 1.50. The van der Waals surface area contributed by atoms with E-state index in [9.17, 15) is 9.59 Å². The number of nitrogens with one attached hydrogen (secondary N) is 1. The van der Waals surface area contributed by atoms with Gasteiger partial charge in [0.1, 0.15) is 12.2 Å². The van der Waals surface area contributed by atoms with Crippen LogP contribution in [0.3, 0.4) is 0 Å². The van der Waals surface area contributed by atoms with E-state index in [1.807, 2.05) is 16.8 Å². The maximum Gasteiger partial charge on any atom is 0.269 e. The molecule has 27 heavy (non-hydrogen) atoms. The largest absolute Gasteiger partial charge is 0.324 e. The van der Waals surface area contributed by atoms with Gasteiger partial charge in [0, 0.05) is 36.5 Å². The zero-order valence-electron chi connectivity index (χ0n) is 15.1. The molecule has 1 unspecified atom stereocenters. The van der Waals surface area contributed by atoms with Crippen LogP contribution < -0.4 is 10.9 Å². The lowest BCUT2D eigenvalue weighted by Gasteiger charge is -2.18. The minimum atomic E-state index is -0.289. The number of hydrogen-bond donors (Lipinski definition) is 1. The molecule has 0 aliphatic heterocycles. The second kappa shape index (κ2) is 7.19. The van der Waals surface area contributed by atoms with E-state index in [1.54, 1.807) is 24.5 Å². The lowest BCUT2D eigenvalue weighted by atomic mass is 9.90. The number of carbonyl (C=O) groups is 1. The Kier molecular flexibility index (Phi) is 4.58. The van der Waals surface area contributed by atoms with Gasteiger partial charge in [0.2, 0.25) is 5.91 Å². The SMILES string of the molecule is CC1CC=C(c2cn(CC(=O)Nc3ccn4ccnc4c3)c(=O)cn2)CC1. The first-order valence-corrected chi connectivity index (χ1v) is 9.07. The highest BCUT2D eigenvalue weighted by molar-refractivity contribution is 5.91. The van der Waals surface area contributed by atoms with Crippen LogP contribution in [0, 0.1) is 5.92 Å². The molecule has 7 nitrogen and oxygen atoms in total. The third kappa shape index (κ3) is 3.81. The Hall–Kier alpha value is -3.22. The van der Waals surface area contributed by atoms with Crippen molar-refractivity contribution in [1.82, 2.24) is 18.9 Å². The van der Waals surface area contributed by atoms with Gasteiger partial charge >= 0.3 is 0 Å². The smallest absolute Gasteiger partial charge is 0.269 e. The average Bonchev–Trinajstić information content (AvgIpc) is 3.12. The number of anilines is 1. The summed E-state index contributed by atoms with van der Waals surface area (Å²) in [6.45, 7) is 2.17. The standard InChI is InChI=1S/C20H21N5O2/c1-14-2-4-15(5-3-14)17-12-25(20(27)11-22-17)13-19(26)23-16-6-8-24-9-7-21-18(24)10-16/h4,6-12,14H,2-3,5,13H2,1H3,(H,23,26). The second-order valence-electron chi connectivity index (χ2n) is 7.00. The van der Waals surface area contributed by atoms with Crippen molar-refractivity contribution in [2.24, 2.45) is 5.92 Å². The minimum Gasteiger partial charge on any atom is -0.324 e. The fourth-order valence-electron chi connectivity index (χ4n) is 3.27. The van der Waals surface area contributed by atoms with E-state index in [2.05, 4.69) is 28.3 Å². The molecule has 0 aromatic carbocycles. The molecule has 138 valence electrons. The van der Waals surface area contributed by atoms with E-state index in [4.69, 9.17) is 0 Å². The van der Waals surface area contributed by atoms with Crippen molar-refractivity contribution >= 4 is 22.8 Å². The van der Waals surface area contributed by atoms with Gasteiger partial charge in [-0.05, 0) is 36.8 Å². The first-order valence-electron chi connectivity index (χ1n) is 9.07. The number of amides is 1. The third-order valence-corrected chi connectivity index (χ3v) is 4.87. The van der Waals surface area contributed by atoms with E-state index in [0.29, 0.717) is 11.6 Å². The van der Waals surface area contributed by atoms with Crippen LogP contribution in [-0.4, -0.2) is 24.8 Å². The van der Waals surface area contributed by atoms with Crippen molar-refractivity contribution in [2.45, 2.75) is 32.7 Å². The van der Waals surface area contributed by atoms with Gasteiger partial charge in [0.15, 0.2) is 0 Å². The molecule has 1 aliphatic rings. The predicted octanol–water partition coefficient (Wildman–Crippen LogP) is 2.73. The normalized spacial score (nSPS) is 16.9. The highest BCUT2D eigenvalue weighted by atomic mass is 16.2. The first kappa shape index (κ1) is 17.2. The zero-order valence-corrected chi connectivity index (χ0v) is 15.1. The van der Waals surface area contributed by atoms with E-state index < -0.39 is 0 Å². The number of carbonyl (C=O) groups excluding carboxylic acids is 1. The van der Waals surface area contributed by atoms with Crippen LogP contribution in [-0.2, 0) is 11.3 Å². The fraction of sp³-hybridized carbons (Fsp3) is 0.300. The van der Waals surface area contributed by atoms with Gasteiger partial charge in [0.25, 0.3) is 5.56 Å². The average molecular weight is 363 g/mol. The van der Waals surface area contributed by atoms with Gasteiger partial charge in [0.05, 0.1) is 11.9 Å². The number of aromatic nitrogens is 4. The lowest BCUT2D eigenvalue weighted by Crippen LogP contribution is -2.28. The summed E-state index contributed by atoms with van der Waals surface area (Å²) in [7, 11) is 0. The van der Waals surface area contributed by atoms with E-state index in [-0.39, 0.29) is 18.0 Å². The monoisotopic (exact) mass is 363 g/mol. The Bertz CT molecular complexity index is 1080. The summed E-state index contributed by atoms with van der Waals surface area (Å²) >= 11 is 0. The van der Waals surface area contributed by atoms with Crippen LogP contribution >= 0.6 is 0 Å². The number of fused-ring (bicyclic) bond motifs is 1. The molecule has 3 heterocycles. The molecule has 0 radical (unpaired) electrons. The van der Waals surface area contributed by atoms with Crippen LogP contribution in [0.5, 0.6) is 0 Å². The van der Waals surface area contributed by atoms with Crippen LogP contribution in [0.25, 0.3) is 11.2 Å². The van der Waals surface area contributed by atoms with Crippen LogP contribution in [0.4, 0.5) is 5.69 Å². The first-order chi connectivity index (χ1) is 13.1. The molecule has 1 atom stereocenters. The summed E-state index contributed by atoms with van der Waals surface area (Å²) < 4.78 is 3.26. The topological polar surface area (TPSA) is 81.3 Å². The molecule has 3 aromatic rings. The van der Waals surface area contributed by atoms with Gasteiger partial charge < -0.3 is 14.3 Å². The third-order valence-electron chi connectivity index (χ3n) is 4.87. The summed E-state index contributed by atoms with van der Waals surface area (Å²) in [6.07, 6.45) is 13.6. The number of imidazole rings is 1. The summed E-state index contributed by atoms with van der Waals surface area (Å²) in [6, 6.07) is 3.58. The Labute approximate surface area is 156 Å². The molecule has 1 aliphatic carbocycles. The molecule has 0 saturated carbocycles. The molecule has 0 fully saturated rings. The van der Waals surface area contributed by atoms with Crippen molar-refractivity contribution in [3.8, 4) is 0 Å². The summed E-state index contributed by atoms with van der Waals surface area (Å²) in [5, 5.41) is 2.82. The molecule has 7 heteroatoms. The maximum absolute atomic E-state index is 12.4. The van der Waals surface area contributed by atoms with Gasteiger partial charge in [-0.15, -0.1) is 0 Å². The number of rotatable bonds is 4. The molecule has 3 aromatic heterocycles. The molecular formula is C20H21N5O2. The Morgan fingerprint density at radius 2 is 2.22 bits per heavy atom. The Morgan fingerprint density at radius 3 is 3.04 bits per heavy atom. The number of nitrogens with zero attached hydrogens (tertiary/aromatic N) is 4. The van der Waals surface area contributed by atoms with Crippen molar-refractivity contribution < 1.29 is 4.79 Å². The molecule has 0 spiro atoms. The Morgan fingerprint density at radius 1 is 1.33 bits per heavy atom. The summed E-state index contributed by atoms with van der Waals surface area (Å²) in [5.74, 6) is 0.411. The molecule has 4 rings (SSSR count). The van der Waals surface area contributed by atoms with Crippen LogP contribution in [0.15, 0.2) is 54.0 Å². The van der Waals surface area contributed by atoms with Crippen molar-refractivity contribution in [2.75, 3.05) is 5.32 Å². The maximum atomic E-state index is 12.4. The fourth-order valence-corrected chi connectivity index (χ4v) is 3.27. The number of pyridine rings is 1. The molecule has 1 N–H and O–H groups in total. The molecule has 0 bridgehead atoms. The van der Waals surface area contributed by atoms with Crippen molar-refractivity contribution in [3.63, 3.8) is 0 Å². The quantitative estimate of drug-likeness (QED) is 0.773. The molecule has 1 amide bonds. The van der Waals surface area contributed by atoms with Crippen molar-refractivity contribution in [3.05, 3.63) is 65.2 Å². The summed E-state index contributed by atoms with van der Waals surface area (Å²) in [5.41, 5.74) is 3.02. The van der Waals surface area contributed by atoms with Crippen LogP contribution in [0.1, 0.15) is 31.9 Å². The van der Waals surface area contributed by atoms with E-state index >= 15 is 0 Å². The highest BCUT2D eigenvalue weighted by Crippen LogP contribution is 2.28.